The van der Waals surface area contributed by atoms with E-state index >= 15 is 0 Å². The first kappa shape index (κ1) is 17.0. The van der Waals surface area contributed by atoms with Gasteiger partial charge in [-0.25, -0.2) is 17.1 Å². The van der Waals surface area contributed by atoms with Crippen LogP contribution in [0.3, 0.4) is 0 Å². The first-order valence-corrected chi connectivity index (χ1v) is 7.75. The lowest BCUT2D eigenvalue weighted by Gasteiger charge is -2.19. The van der Waals surface area contributed by atoms with Crippen molar-refractivity contribution < 1.29 is 17.9 Å². The molecule has 1 aromatic rings. The molecule has 1 unspecified atom stereocenters. The van der Waals surface area contributed by atoms with Crippen molar-refractivity contribution in [2.45, 2.75) is 24.3 Å². The molecule has 0 saturated heterocycles. The van der Waals surface area contributed by atoms with Crippen molar-refractivity contribution in [2.75, 3.05) is 13.6 Å². The number of nitrogens with zero attached hydrogens (tertiary/aromatic N) is 1. The molecule has 0 fully saturated rings. The number of halogens is 1. The van der Waals surface area contributed by atoms with Gasteiger partial charge in [0.1, 0.15) is 10.8 Å². The van der Waals surface area contributed by atoms with Gasteiger partial charge in [-0.1, -0.05) is 18.3 Å². The van der Waals surface area contributed by atoms with Crippen LogP contribution in [0.5, 0.6) is 0 Å². The average molecular weight is 320 g/mol. The van der Waals surface area contributed by atoms with Gasteiger partial charge in [-0.05, 0) is 25.5 Å². The molecule has 1 atom stereocenters. The first-order valence-electron chi connectivity index (χ1n) is 5.90. The zero-order valence-electron chi connectivity index (χ0n) is 11.2. The van der Waals surface area contributed by atoms with Crippen LogP contribution in [0.25, 0.3) is 0 Å². The van der Waals surface area contributed by atoms with E-state index in [0.29, 0.717) is 0 Å². The highest BCUT2D eigenvalue weighted by molar-refractivity contribution is 7.89. The van der Waals surface area contributed by atoms with Crippen LogP contribution in [0.4, 0.5) is 4.39 Å². The third kappa shape index (κ3) is 3.72. The predicted molar refractivity (Wildman–Crippen MR) is 78.4 cm³/mol. The fourth-order valence-electron chi connectivity index (χ4n) is 1.62. The van der Waals surface area contributed by atoms with Gasteiger partial charge in [0.2, 0.25) is 10.0 Å². The molecule has 0 amide bonds. The number of thiocarbonyl (C=S) groups is 1. The second-order valence-electron chi connectivity index (χ2n) is 4.44. The van der Waals surface area contributed by atoms with Crippen LogP contribution in [-0.4, -0.2) is 42.5 Å². The number of hydrogen-bond donors (Lipinski definition) is 2. The van der Waals surface area contributed by atoms with Crippen LogP contribution in [0, 0.1) is 5.82 Å². The van der Waals surface area contributed by atoms with Crippen LogP contribution in [-0.2, 0) is 10.0 Å². The largest absolute Gasteiger partial charge is 0.393 e. The summed E-state index contributed by atoms with van der Waals surface area (Å²) in [5.41, 5.74) is 5.12. The number of aliphatic hydroxyl groups is 1. The molecule has 0 aromatic heterocycles. The molecule has 0 saturated carbocycles. The van der Waals surface area contributed by atoms with E-state index in [1.807, 2.05) is 0 Å². The second kappa shape index (κ2) is 6.57. The Balaban J connectivity index is 3.22. The molecule has 20 heavy (non-hydrogen) atoms. The Kier molecular flexibility index (Phi) is 5.58. The van der Waals surface area contributed by atoms with E-state index in [2.05, 4.69) is 0 Å². The molecular weight excluding hydrogens is 303 g/mol. The molecule has 8 heteroatoms. The molecule has 0 aliphatic carbocycles. The van der Waals surface area contributed by atoms with Crippen molar-refractivity contribution in [3.8, 4) is 0 Å². The molecular formula is C12H17FN2O3S2. The maximum Gasteiger partial charge on any atom is 0.243 e. The highest BCUT2D eigenvalue weighted by Crippen LogP contribution is 2.22. The fourth-order valence-corrected chi connectivity index (χ4v) is 3.28. The summed E-state index contributed by atoms with van der Waals surface area (Å²) in [4.78, 5) is -0.580. The Labute approximate surface area is 123 Å². The Morgan fingerprint density at radius 3 is 2.65 bits per heavy atom. The normalized spacial score (nSPS) is 13.4. The highest BCUT2D eigenvalue weighted by Gasteiger charge is 2.26. The second-order valence-corrected chi connectivity index (χ2v) is 6.89. The highest BCUT2D eigenvalue weighted by atomic mass is 32.2. The van der Waals surface area contributed by atoms with Gasteiger partial charge >= 0.3 is 0 Å². The average Bonchev–Trinajstić information content (AvgIpc) is 2.34. The topological polar surface area (TPSA) is 83.6 Å². The number of aliphatic hydroxyl groups excluding tert-OH is 1. The maximum absolute atomic E-state index is 13.7. The summed E-state index contributed by atoms with van der Waals surface area (Å²) in [7, 11) is -2.56. The molecule has 0 bridgehead atoms. The standard InChI is InChI=1S/C12H17FN2O3S2/c1-8(16)6-7-15(2)20(17,18)10-5-3-4-9(13)11(10)12(14)19/h3-5,8,16H,6-7H2,1-2H3,(H2,14,19). The van der Waals surface area contributed by atoms with Gasteiger partial charge in [-0.2, -0.15) is 0 Å². The first-order chi connectivity index (χ1) is 9.17. The number of sulfonamides is 1. The molecule has 0 aliphatic heterocycles. The van der Waals surface area contributed by atoms with E-state index in [4.69, 9.17) is 18.0 Å². The molecule has 5 nitrogen and oxygen atoms in total. The molecule has 112 valence electrons. The minimum Gasteiger partial charge on any atom is -0.393 e. The predicted octanol–water partition coefficient (Wildman–Crippen LogP) is 0.851. The zero-order valence-corrected chi connectivity index (χ0v) is 12.8. The van der Waals surface area contributed by atoms with Gasteiger partial charge in [0.25, 0.3) is 0 Å². The van der Waals surface area contributed by atoms with Crippen molar-refractivity contribution in [1.82, 2.24) is 4.31 Å². The minimum absolute atomic E-state index is 0.104. The van der Waals surface area contributed by atoms with Gasteiger partial charge in [-0.3, -0.25) is 0 Å². The van der Waals surface area contributed by atoms with Crippen LogP contribution >= 0.6 is 12.2 Å². The van der Waals surface area contributed by atoms with Gasteiger partial charge in [0, 0.05) is 13.6 Å². The van der Waals surface area contributed by atoms with E-state index in [-0.39, 0.29) is 28.4 Å². The zero-order chi connectivity index (χ0) is 15.5. The third-order valence-electron chi connectivity index (χ3n) is 2.77. The van der Waals surface area contributed by atoms with Crippen LogP contribution in [0.15, 0.2) is 23.1 Å². The van der Waals surface area contributed by atoms with Crippen molar-refractivity contribution in [1.29, 1.82) is 0 Å². The summed E-state index contributed by atoms with van der Waals surface area (Å²) in [5, 5.41) is 9.20. The molecule has 0 radical (unpaired) electrons. The Morgan fingerprint density at radius 1 is 1.55 bits per heavy atom. The van der Waals surface area contributed by atoms with Crippen molar-refractivity contribution >= 4 is 27.2 Å². The number of nitrogens with two attached hydrogens (primary N) is 1. The fraction of sp³-hybridized carbons (Fsp3) is 0.417. The van der Waals surface area contributed by atoms with E-state index in [1.54, 1.807) is 6.92 Å². The Morgan fingerprint density at radius 2 is 2.15 bits per heavy atom. The summed E-state index contributed by atoms with van der Waals surface area (Å²) in [6.07, 6.45) is -0.358. The number of rotatable bonds is 6. The third-order valence-corrected chi connectivity index (χ3v) is 4.88. The molecule has 1 aromatic carbocycles. The quantitative estimate of drug-likeness (QED) is 0.759. The molecule has 0 spiro atoms. The van der Waals surface area contributed by atoms with Crippen LogP contribution in [0.2, 0.25) is 0 Å². The summed E-state index contributed by atoms with van der Waals surface area (Å²) in [6.45, 7) is 1.66. The van der Waals surface area contributed by atoms with Gasteiger partial charge in [0.15, 0.2) is 0 Å². The molecule has 3 N–H and O–H groups in total. The van der Waals surface area contributed by atoms with Crippen molar-refractivity contribution in [2.24, 2.45) is 5.73 Å². The summed E-state index contributed by atoms with van der Waals surface area (Å²) in [5.74, 6) is -0.775. The lowest BCUT2D eigenvalue weighted by Crippen LogP contribution is -2.31. The monoisotopic (exact) mass is 320 g/mol. The van der Waals surface area contributed by atoms with Crippen LogP contribution in [0.1, 0.15) is 18.9 Å². The maximum atomic E-state index is 13.7. The minimum atomic E-state index is -3.92. The van der Waals surface area contributed by atoms with Crippen molar-refractivity contribution in [3.05, 3.63) is 29.6 Å². The van der Waals surface area contributed by atoms with E-state index in [0.717, 1.165) is 10.4 Å². The number of hydrogen-bond acceptors (Lipinski definition) is 4. The van der Waals surface area contributed by atoms with Gasteiger partial charge < -0.3 is 10.8 Å². The number of benzene rings is 1. The van der Waals surface area contributed by atoms with Gasteiger partial charge in [0.05, 0.1) is 16.6 Å². The van der Waals surface area contributed by atoms with E-state index in [1.165, 1.54) is 19.2 Å². The SMILES string of the molecule is CC(O)CCN(C)S(=O)(=O)c1cccc(F)c1C(N)=S. The van der Waals surface area contributed by atoms with Crippen molar-refractivity contribution in [3.63, 3.8) is 0 Å². The van der Waals surface area contributed by atoms with Gasteiger partial charge in [-0.15, -0.1) is 0 Å². The van der Waals surface area contributed by atoms with E-state index in [9.17, 15) is 17.9 Å². The summed E-state index contributed by atoms with van der Waals surface area (Å²) >= 11 is 4.71. The lowest BCUT2D eigenvalue weighted by molar-refractivity contribution is 0.177. The summed E-state index contributed by atoms with van der Waals surface area (Å²) < 4.78 is 39.5. The molecule has 1 rings (SSSR count). The van der Waals surface area contributed by atoms with E-state index < -0.39 is 21.9 Å². The summed E-state index contributed by atoms with van der Waals surface area (Å²) in [6, 6.07) is 3.64. The smallest absolute Gasteiger partial charge is 0.243 e. The van der Waals surface area contributed by atoms with Crippen LogP contribution < -0.4 is 5.73 Å². The lowest BCUT2D eigenvalue weighted by atomic mass is 10.2. The molecule has 0 aliphatic rings. The Bertz CT molecular complexity index is 603. The molecule has 0 heterocycles. The Hall–Kier alpha value is -1.09.